The number of benzene rings is 1. The number of hydrogen-bond acceptors (Lipinski definition) is 5. The highest BCUT2D eigenvalue weighted by molar-refractivity contribution is 5.69. The van der Waals surface area contributed by atoms with Crippen LogP contribution in [0.25, 0.3) is 0 Å². The van der Waals surface area contributed by atoms with Crippen molar-refractivity contribution in [3.63, 3.8) is 0 Å². The normalized spacial score (nSPS) is 21.4. The fraction of sp³-hybridized carbons (Fsp3) is 0.667. The van der Waals surface area contributed by atoms with Crippen molar-refractivity contribution < 1.29 is 19.1 Å². The zero-order valence-corrected chi connectivity index (χ0v) is 19.0. The third-order valence-corrected chi connectivity index (χ3v) is 6.53. The quantitative estimate of drug-likeness (QED) is 0.732. The molecule has 0 bridgehead atoms. The van der Waals surface area contributed by atoms with Gasteiger partial charge in [0.05, 0.1) is 0 Å². The molecule has 2 amide bonds. The predicted molar refractivity (Wildman–Crippen MR) is 118 cm³/mol. The van der Waals surface area contributed by atoms with Crippen LogP contribution in [0.3, 0.4) is 0 Å². The molecule has 3 saturated heterocycles. The summed E-state index contributed by atoms with van der Waals surface area (Å²) in [5.74, 6) is 0.531. The van der Waals surface area contributed by atoms with Crippen LogP contribution in [0.5, 0.6) is 0 Å². The van der Waals surface area contributed by atoms with Crippen LogP contribution in [0.2, 0.25) is 0 Å². The zero-order valence-electron chi connectivity index (χ0n) is 19.0. The summed E-state index contributed by atoms with van der Waals surface area (Å²) in [5.41, 5.74) is 0.928. The van der Waals surface area contributed by atoms with Crippen molar-refractivity contribution in [2.75, 3.05) is 45.8 Å². The number of hydrogen-bond donors (Lipinski definition) is 0. The van der Waals surface area contributed by atoms with Gasteiger partial charge in [0.2, 0.25) is 0 Å². The van der Waals surface area contributed by atoms with Crippen molar-refractivity contribution in [1.82, 2.24) is 14.7 Å². The monoisotopic (exact) mass is 429 g/mol. The number of carbonyl (C=O) groups excluding carboxylic acids is 2. The number of nitrogens with zero attached hydrogens (tertiary/aromatic N) is 3. The summed E-state index contributed by atoms with van der Waals surface area (Å²) >= 11 is 0. The molecule has 1 spiro atoms. The molecule has 1 aromatic carbocycles. The maximum atomic E-state index is 12.3. The van der Waals surface area contributed by atoms with Gasteiger partial charge in [0.15, 0.2) is 0 Å². The Balaban J connectivity index is 1.11. The summed E-state index contributed by atoms with van der Waals surface area (Å²) in [7, 11) is 0. The van der Waals surface area contributed by atoms with E-state index < -0.39 is 5.60 Å². The molecule has 0 radical (unpaired) electrons. The van der Waals surface area contributed by atoms with Gasteiger partial charge < -0.3 is 24.2 Å². The lowest BCUT2D eigenvalue weighted by Crippen LogP contribution is -2.64. The van der Waals surface area contributed by atoms with Crippen LogP contribution in [0.1, 0.15) is 39.2 Å². The first-order valence-corrected chi connectivity index (χ1v) is 11.4. The fourth-order valence-electron chi connectivity index (χ4n) is 4.85. The Morgan fingerprint density at radius 3 is 2.26 bits per heavy atom. The van der Waals surface area contributed by atoms with Crippen LogP contribution in [0.15, 0.2) is 30.3 Å². The lowest BCUT2D eigenvalue weighted by molar-refractivity contribution is -0.0675. The summed E-state index contributed by atoms with van der Waals surface area (Å²) in [4.78, 5) is 30.6. The average molecular weight is 430 g/mol. The highest BCUT2D eigenvalue weighted by atomic mass is 16.6. The molecule has 7 nitrogen and oxygen atoms in total. The molecule has 0 saturated carbocycles. The van der Waals surface area contributed by atoms with Crippen LogP contribution in [0.4, 0.5) is 9.59 Å². The van der Waals surface area contributed by atoms with Crippen molar-refractivity contribution >= 4 is 12.2 Å². The lowest BCUT2D eigenvalue weighted by atomic mass is 9.71. The van der Waals surface area contributed by atoms with Gasteiger partial charge in [0, 0.05) is 51.7 Å². The predicted octanol–water partition coefficient (Wildman–Crippen LogP) is 3.59. The van der Waals surface area contributed by atoms with E-state index in [1.807, 2.05) is 56.0 Å². The molecule has 3 heterocycles. The Morgan fingerprint density at radius 2 is 1.65 bits per heavy atom. The van der Waals surface area contributed by atoms with E-state index in [2.05, 4.69) is 4.90 Å². The number of piperidine rings is 1. The molecule has 7 heteroatoms. The first kappa shape index (κ1) is 21.9. The molecule has 0 atom stereocenters. The molecule has 3 aliphatic rings. The summed E-state index contributed by atoms with van der Waals surface area (Å²) < 4.78 is 10.9. The zero-order chi connectivity index (χ0) is 22.1. The molecule has 4 rings (SSSR count). The number of ether oxygens (including phenoxy) is 2. The molecule has 170 valence electrons. The van der Waals surface area contributed by atoms with E-state index in [0.29, 0.717) is 17.9 Å². The Bertz CT molecular complexity index is 770. The van der Waals surface area contributed by atoms with Gasteiger partial charge in [-0.3, -0.25) is 0 Å². The second-order valence-electron chi connectivity index (χ2n) is 10.4. The van der Waals surface area contributed by atoms with E-state index in [1.54, 1.807) is 4.90 Å². The van der Waals surface area contributed by atoms with Crippen molar-refractivity contribution in [2.45, 2.75) is 45.8 Å². The van der Waals surface area contributed by atoms with Gasteiger partial charge in [-0.05, 0) is 44.6 Å². The molecule has 3 aliphatic heterocycles. The lowest BCUT2D eigenvalue weighted by Gasteiger charge is -2.55. The van der Waals surface area contributed by atoms with Gasteiger partial charge >= 0.3 is 12.2 Å². The SMILES string of the molecule is CC(C)(C)OC(=O)N1CCC2(CC1)CN(CC1CN(C(=O)OCc3ccccc3)C1)C2. The molecule has 0 N–H and O–H groups in total. The Labute approximate surface area is 185 Å². The molecule has 3 fully saturated rings. The molecule has 0 aromatic heterocycles. The van der Waals surface area contributed by atoms with Crippen LogP contribution in [-0.2, 0) is 16.1 Å². The van der Waals surface area contributed by atoms with Gasteiger partial charge in [-0.2, -0.15) is 0 Å². The minimum absolute atomic E-state index is 0.188. The molecule has 31 heavy (non-hydrogen) atoms. The summed E-state index contributed by atoms with van der Waals surface area (Å²) in [6.45, 7) is 12.4. The van der Waals surface area contributed by atoms with Gasteiger partial charge in [0.25, 0.3) is 0 Å². The van der Waals surface area contributed by atoms with E-state index in [4.69, 9.17) is 9.47 Å². The van der Waals surface area contributed by atoms with Crippen molar-refractivity contribution in [3.8, 4) is 0 Å². The second-order valence-corrected chi connectivity index (χ2v) is 10.4. The van der Waals surface area contributed by atoms with Crippen LogP contribution in [0, 0.1) is 11.3 Å². The maximum Gasteiger partial charge on any atom is 0.410 e. The summed E-state index contributed by atoms with van der Waals surface area (Å²) in [6, 6.07) is 9.78. The van der Waals surface area contributed by atoms with Crippen LogP contribution in [-0.4, -0.2) is 78.3 Å². The van der Waals surface area contributed by atoms with Gasteiger partial charge in [-0.25, -0.2) is 9.59 Å². The standard InChI is InChI=1S/C24H35N3O4/c1-23(2,3)31-22(29)26-11-9-24(10-12-26)17-25(18-24)13-20-14-27(15-20)21(28)30-16-19-7-5-4-6-8-19/h4-8,20H,9-18H2,1-3H3. The van der Waals surface area contributed by atoms with E-state index in [0.717, 1.165) is 64.2 Å². The molecular weight excluding hydrogens is 394 g/mol. The summed E-state index contributed by atoms with van der Waals surface area (Å²) in [5, 5.41) is 0. The highest BCUT2D eigenvalue weighted by Crippen LogP contribution is 2.41. The van der Waals surface area contributed by atoms with E-state index in [1.165, 1.54) is 0 Å². The first-order chi connectivity index (χ1) is 14.7. The minimum atomic E-state index is -0.440. The first-order valence-electron chi connectivity index (χ1n) is 11.4. The number of carbonyl (C=O) groups is 2. The smallest absolute Gasteiger partial charge is 0.410 e. The molecule has 0 aliphatic carbocycles. The summed E-state index contributed by atoms with van der Waals surface area (Å²) in [6.07, 6.45) is 1.69. The Kier molecular flexibility index (Phi) is 6.15. The second kappa shape index (κ2) is 8.69. The van der Waals surface area contributed by atoms with Crippen molar-refractivity contribution in [3.05, 3.63) is 35.9 Å². The number of rotatable bonds is 4. The van der Waals surface area contributed by atoms with Gasteiger partial charge in [0.1, 0.15) is 12.2 Å². The highest BCUT2D eigenvalue weighted by Gasteiger charge is 2.47. The van der Waals surface area contributed by atoms with Gasteiger partial charge in [-0.1, -0.05) is 30.3 Å². The topological polar surface area (TPSA) is 62.3 Å². The van der Waals surface area contributed by atoms with Crippen LogP contribution >= 0.6 is 0 Å². The van der Waals surface area contributed by atoms with E-state index in [-0.39, 0.29) is 12.2 Å². The number of likely N-dealkylation sites (tertiary alicyclic amines) is 3. The Morgan fingerprint density at radius 1 is 1.00 bits per heavy atom. The average Bonchev–Trinajstić information content (AvgIpc) is 2.67. The van der Waals surface area contributed by atoms with E-state index in [9.17, 15) is 9.59 Å². The third-order valence-electron chi connectivity index (χ3n) is 6.53. The third kappa shape index (κ3) is 5.50. The molecule has 0 unspecified atom stereocenters. The Hall–Kier alpha value is -2.28. The maximum absolute atomic E-state index is 12.3. The number of amides is 2. The fourth-order valence-corrected chi connectivity index (χ4v) is 4.85. The van der Waals surface area contributed by atoms with E-state index >= 15 is 0 Å². The minimum Gasteiger partial charge on any atom is -0.445 e. The van der Waals surface area contributed by atoms with Gasteiger partial charge in [-0.15, -0.1) is 0 Å². The largest absolute Gasteiger partial charge is 0.445 e. The van der Waals surface area contributed by atoms with Crippen LogP contribution < -0.4 is 0 Å². The van der Waals surface area contributed by atoms with Crippen molar-refractivity contribution in [2.24, 2.45) is 11.3 Å². The molecular formula is C24H35N3O4. The van der Waals surface area contributed by atoms with Crippen molar-refractivity contribution in [1.29, 1.82) is 0 Å². The molecule has 1 aromatic rings.